The van der Waals surface area contributed by atoms with Crippen LogP contribution in [0.3, 0.4) is 0 Å². The smallest absolute Gasteiger partial charge is 0.0754 e. The number of anilines is 3. The number of halogens is 1. The zero-order valence-electron chi connectivity index (χ0n) is 22.2. The first-order chi connectivity index (χ1) is 20.3. The third kappa shape index (κ3) is 2.95. The molecule has 1 aliphatic carbocycles. The molecule has 1 aliphatic heterocycles. The maximum absolute atomic E-state index is 3.68. The molecule has 2 aliphatic rings. The Morgan fingerprint density at radius 1 is 0.415 bits per heavy atom. The standard InChI is InChI=1S/C39H24BrN/c40-27-19-21-28(22-20-27)41-37-29-11-3-1-9-25(29)17-23-35(37)39(36-24-18-26-10-2-4-12-30(26)38(36)41)33-15-7-5-13-31(33)32-14-6-8-16-34(32)39/h1-24H. The van der Waals surface area contributed by atoms with E-state index in [-0.39, 0.29) is 0 Å². The Morgan fingerprint density at radius 2 is 0.878 bits per heavy atom. The van der Waals surface area contributed by atoms with Crippen LogP contribution < -0.4 is 4.90 Å². The summed E-state index contributed by atoms with van der Waals surface area (Å²) < 4.78 is 1.07. The molecular weight excluding hydrogens is 562 g/mol. The van der Waals surface area contributed by atoms with Crippen LogP contribution in [0.1, 0.15) is 22.3 Å². The first kappa shape index (κ1) is 23.1. The number of fused-ring (bicyclic) bond motifs is 13. The lowest BCUT2D eigenvalue weighted by Crippen LogP contribution is -2.36. The van der Waals surface area contributed by atoms with Crippen molar-refractivity contribution in [3.8, 4) is 11.1 Å². The van der Waals surface area contributed by atoms with Crippen LogP contribution >= 0.6 is 15.9 Å². The van der Waals surface area contributed by atoms with Gasteiger partial charge in [-0.25, -0.2) is 0 Å². The molecule has 0 bridgehead atoms. The Labute approximate surface area is 247 Å². The highest BCUT2D eigenvalue weighted by Crippen LogP contribution is 2.65. The van der Waals surface area contributed by atoms with Gasteiger partial charge in [-0.1, -0.05) is 137 Å². The van der Waals surface area contributed by atoms with Crippen LogP contribution in [0.15, 0.2) is 150 Å². The van der Waals surface area contributed by atoms with Crippen LogP contribution in [0.25, 0.3) is 32.7 Å². The zero-order chi connectivity index (χ0) is 27.1. The van der Waals surface area contributed by atoms with E-state index in [0.29, 0.717) is 0 Å². The van der Waals surface area contributed by atoms with Crippen molar-refractivity contribution in [1.82, 2.24) is 0 Å². The van der Waals surface area contributed by atoms with Crippen molar-refractivity contribution >= 4 is 54.5 Å². The fourth-order valence-electron chi connectivity index (χ4n) is 7.52. The maximum atomic E-state index is 3.68. The van der Waals surface area contributed by atoms with Crippen LogP contribution in [-0.4, -0.2) is 0 Å². The molecule has 0 unspecified atom stereocenters. The van der Waals surface area contributed by atoms with E-state index in [2.05, 4.69) is 166 Å². The number of nitrogens with zero attached hydrogens (tertiary/aromatic N) is 1. The molecule has 0 amide bonds. The summed E-state index contributed by atoms with van der Waals surface area (Å²) in [6.07, 6.45) is 0. The summed E-state index contributed by atoms with van der Waals surface area (Å²) in [7, 11) is 0. The van der Waals surface area contributed by atoms with E-state index in [4.69, 9.17) is 0 Å². The minimum atomic E-state index is -0.447. The summed E-state index contributed by atoms with van der Waals surface area (Å²) in [6, 6.07) is 53.9. The second-order valence-electron chi connectivity index (χ2n) is 11.0. The van der Waals surface area contributed by atoms with Crippen LogP contribution in [0.5, 0.6) is 0 Å². The summed E-state index contributed by atoms with van der Waals surface area (Å²) >= 11 is 3.68. The van der Waals surface area contributed by atoms with E-state index in [1.807, 2.05) is 0 Å². The summed E-state index contributed by atoms with van der Waals surface area (Å²) in [6.45, 7) is 0. The van der Waals surface area contributed by atoms with E-state index in [1.165, 1.54) is 66.3 Å². The molecule has 7 aromatic rings. The van der Waals surface area contributed by atoms with Crippen LogP contribution in [0.2, 0.25) is 0 Å². The van der Waals surface area contributed by atoms with Gasteiger partial charge >= 0.3 is 0 Å². The Morgan fingerprint density at radius 3 is 1.41 bits per heavy atom. The zero-order valence-corrected chi connectivity index (χ0v) is 23.8. The molecule has 0 aromatic heterocycles. The average molecular weight is 587 g/mol. The Kier molecular flexibility index (Phi) is 4.74. The van der Waals surface area contributed by atoms with Crippen molar-refractivity contribution in [3.63, 3.8) is 0 Å². The largest absolute Gasteiger partial charge is 0.309 e. The topological polar surface area (TPSA) is 3.24 Å². The molecule has 41 heavy (non-hydrogen) atoms. The van der Waals surface area contributed by atoms with Gasteiger partial charge in [-0.15, -0.1) is 0 Å². The van der Waals surface area contributed by atoms with E-state index in [1.54, 1.807) is 0 Å². The van der Waals surface area contributed by atoms with Gasteiger partial charge in [0.05, 0.1) is 16.8 Å². The van der Waals surface area contributed by atoms with Crippen molar-refractivity contribution < 1.29 is 0 Å². The molecule has 1 spiro atoms. The lowest BCUT2D eigenvalue weighted by Gasteiger charge is -2.46. The van der Waals surface area contributed by atoms with Crippen molar-refractivity contribution in [2.45, 2.75) is 5.41 Å². The van der Waals surface area contributed by atoms with Gasteiger partial charge in [0.1, 0.15) is 0 Å². The molecule has 0 saturated carbocycles. The van der Waals surface area contributed by atoms with E-state index >= 15 is 0 Å². The van der Waals surface area contributed by atoms with Gasteiger partial charge in [-0.2, -0.15) is 0 Å². The van der Waals surface area contributed by atoms with Crippen molar-refractivity contribution in [3.05, 3.63) is 172 Å². The highest BCUT2D eigenvalue weighted by molar-refractivity contribution is 9.10. The number of hydrogen-bond acceptors (Lipinski definition) is 1. The van der Waals surface area contributed by atoms with Gasteiger partial charge in [-0.3, -0.25) is 0 Å². The highest BCUT2D eigenvalue weighted by atomic mass is 79.9. The van der Waals surface area contributed by atoms with Gasteiger partial charge < -0.3 is 4.90 Å². The minimum Gasteiger partial charge on any atom is -0.309 e. The second-order valence-corrected chi connectivity index (χ2v) is 11.9. The highest BCUT2D eigenvalue weighted by Gasteiger charge is 2.52. The number of rotatable bonds is 1. The van der Waals surface area contributed by atoms with E-state index in [0.717, 1.165) is 10.2 Å². The molecule has 0 radical (unpaired) electrons. The third-order valence-electron chi connectivity index (χ3n) is 9.09. The lowest BCUT2D eigenvalue weighted by atomic mass is 9.64. The predicted octanol–water partition coefficient (Wildman–Crippen LogP) is 10.9. The molecule has 1 heterocycles. The van der Waals surface area contributed by atoms with Gasteiger partial charge in [0, 0.05) is 20.9 Å². The molecule has 1 nitrogen and oxygen atoms in total. The molecule has 0 fully saturated rings. The summed E-state index contributed by atoms with van der Waals surface area (Å²) in [4.78, 5) is 2.52. The van der Waals surface area contributed by atoms with E-state index < -0.39 is 5.41 Å². The lowest BCUT2D eigenvalue weighted by molar-refractivity contribution is 0.756. The molecule has 0 N–H and O–H groups in total. The van der Waals surface area contributed by atoms with Crippen molar-refractivity contribution in [2.75, 3.05) is 4.90 Å². The predicted molar refractivity (Wildman–Crippen MR) is 175 cm³/mol. The number of benzene rings is 7. The Hall–Kier alpha value is -4.66. The minimum absolute atomic E-state index is 0.447. The first-order valence-electron chi connectivity index (χ1n) is 14.1. The van der Waals surface area contributed by atoms with Gasteiger partial charge in [0.2, 0.25) is 0 Å². The third-order valence-corrected chi connectivity index (χ3v) is 9.62. The van der Waals surface area contributed by atoms with Gasteiger partial charge in [-0.05, 0) is 68.4 Å². The fraction of sp³-hybridized carbons (Fsp3) is 0.0256. The summed E-state index contributed by atoms with van der Waals surface area (Å²) in [5, 5.41) is 5.00. The van der Waals surface area contributed by atoms with Gasteiger partial charge in [0.25, 0.3) is 0 Å². The number of hydrogen-bond donors (Lipinski definition) is 0. The fourth-order valence-corrected chi connectivity index (χ4v) is 7.78. The monoisotopic (exact) mass is 585 g/mol. The van der Waals surface area contributed by atoms with Crippen LogP contribution in [0.4, 0.5) is 17.1 Å². The van der Waals surface area contributed by atoms with Crippen molar-refractivity contribution in [2.24, 2.45) is 0 Å². The van der Waals surface area contributed by atoms with Gasteiger partial charge in [0.15, 0.2) is 0 Å². The quantitative estimate of drug-likeness (QED) is 0.185. The average Bonchev–Trinajstić information content (AvgIpc) is 3.32. The normalized spacial score (nSPS) is 14.1. The molecule has 7 aromatic carbocycles. The Bertz CT molecular complexity index is 2040. The molecule has 2 heteroatoms. The van der Waals surface area contributed by atoms with E-state index in [9.17, 15) is 0 Å². The van der Waals surface area contributed by atoms with Crippen LogP contribution in [0, 0.1) is 0 Å². The maximum Gasteiger partial charge on any atom is 0.0754 e. The first-order valence-corrected chi connectivity index (χ1v) is 14.9. The SMILES string of the molecule is Brc1ccc(N2c3c(ccc4ccccc34)C3(c4ccccc4-c4ccccc43)c3ccc4ccccc4c32)cc1. The molecular formula is C39H24BrN. The molecule has 192 valence electrons. The molecule has 0 saturated heterocycles. The molecule has 9 rings (SSSR count). The molecule has 0 atom stereocenters. The second kappa shape index (κ2) is 8.42. The Balaban J connectivity index is 1.56. The van der Waals surface area contributed by atoms with Crippen molar-refractivity contribution in [1.29, 1.82) is 0 Å². The summed E-state index contributed by atoms with van der Waals surface area (Å²) in [5.74, 6) is 0. The summed E-state index contributed by atoms with van der Waals surface area (Å²) in [5.41, 5.74) is 11.2. The van der Waals surface area contributed by atoms with Crippen LogP contribution in [-0.2, 0) is 5.41 Å².